The second kappa shape index (κ2) is 6.63. The minimum absolute atomic E-state index is 0.00279. The molecule has 0 radical (unpaired) electrons. The number of hydrogen-bond acceptors (Lipinski definition) is 5. The van der Waals surface area contributed by atoms with E-state index in [1.807, 2.05) is 0 Å². The number of amides is 1. The molecular formula is C17H12F3N3O4. The highest BCUT2D eigenvalue weighted by molar-refractivity contribution is 6.54. The normalized spacial score (nSPS) is 15.1. The SMILES string of the molecule is C=[N+]([O-])c1cccc(CN2C(=O)/C(=N\O)c3cc(OC(F)(F)F)ccc32)c1. The molecule has 1 heterocycles. The van der Waals surface area contributed by atoms with E-state index in [9.17, 15) is 23.2 Å². The Labute approximate surface area is 150 Å². The van der Waals surface area contributed by atoms with Crippen LogP contribution in [0.1, 0.15) is 11.1 Å². The lowest BCUT2D eigenvalue weighted by molar-refractivity contribution is -0.349. The van der Waals surface area contributed by atoms with Gasteiger partial charge in [-0.15, -0.1) is 13.2 Å². The number of fused-ring (bicyclic) bond motifs is 1. The number of oxime groups is 1. The van der Waals surface area contributed by atoms with Crippen LogP contribution in [0.4, 0.5) is 24.5 Å². The van der Waals surface area contributed by atoms with Gasteiger partial charge in [-0.2, -0.15) is 4.74 Å². The fraction of sp³-hybridized carbons (Fsp3) is 0.118. The van der Waals surface area contributed by atoms with Crippen LogP contribution in [-0.4, -0.2) is 34.6 Å². The first-order chi connectivity index (χ1) is 12.7. The Hall–Kier alpha value is -3.56. The second-order valence-corrected chi connectivity index (χ2v) is 5.62. The molecule has 0 aliphatic carbocycles. The maximum atomic E-state index is 12.5. The second-order valence-electron chi connectivity index (χ2n) is 5.62. The van der Waals surface area contributed by atoms with Gasteiger partial charge in [-0.05, 0) is 23.8 Å². The topological polar surface area (TPSA) is 88.2 Å². The van der Waals surface area contributed by atoms with E-state index in [-0.39, 0.29) is 23.5 Å². The third-order valence-electron chi connectivity index (χ3n) is 3.83. The van der Waals surface area contributed by atoms with Crippen LogP contribution in [0, 0.1) is 5.21 Å². The maximum absolute atomic E-state index is 12.5. The Morgan fingerprint density at radius 2 is 2.00 bits per heavy atom. The molecule has 2 aromatic carbocycles. The first-order valence-corrected chi connectivity index (χ1v) is 7.50. The lowest BCUT2D eigenvalue weighted by Gasteiger charge is -2.17. The molecule has 1 N–H and O–H groups in total. The van der Waals surface area contributed by atoms with Crippen LogP contribution in [-0.2, 0) is 11.3 Å². The number of anilines is 1. The van der Waals surface area contributed by atoms with E-state index < -0.39 is 23.7 Å². The average Bonchev–Trinajstić information content (AvgIpc) is 2.84. The number of hydrogen-bond donors (Lipinski definition) is 1. The van der Waals surface area contributed by atoms with Crippen molar-refractivity contribution in [3.8, 4) is 5.75 Å². The van der Waals surface area contributed by atoms with Gasteiger partial charge < -0.3 is 20.1 Å². The molecule has 0 bridgehead atoms. The number of nitrogens with zero attached hydrogens (tertiary/aromatic N) is 3. The molecule has 0 atom stereocenters. The monoisotopic (exact) mass is 379 g/mol. The van der Waals surface area contributed by atoms with E-state index >= 15 is 0 Å². The van der Waals surface area contributed by atoms with Gasteiger partial charge in [0.15, 0.2) is 5.71 Å². The predicted molar refractivity (Wildman–Crippen MR) is 89.5 cm³/mol. The molecule has 10 heteroatoms. The third-order valence-corrected chi connectivity index (χ3v) is 3.83. The fourth-order valence-corrected chi connectivity index (χ4v) is 2.74. The van der Waals surface area contributed by atoms with E-state index in [0.717, 1.165) is 12.1 Å². The summed E-state index contributed by atoms with van der Waals surface area (Å²) in [7, 11) is 0. The summed E-state index contributed by atoms with van der Waals surface area (Å²) in [6.45, 7) is 3.24. The quantitative estimate of drug-likeness (QED) is 0.291. The molecule has 0 aromatic heterocycles. The number of carbonyl (C=O) groups is 1. The molecule has 1 aliphatic heterocycles. The van der Waals surface area contributed by atoms with Gasteiger partial charge in [0.05, 0.1) is 12.2 Å². The molecule has 27 heavy (non-hydrogen) atoms. The van der Waals surface area contributed by atoms with Gasteiger partial charge in [-0.25, -0.2) is 0 Å². The van der Waals surface area contributed by atoms with Crippen LogP contribution in [0.25, 0.3) is 0 Å². The smallest absolute Gasteiger partial charge is 0.573 e. The minimum atomic E-state index is -4.90. The number of ether oxygens (including phenoxy) is 1. The summed E-state index contributed by atoms with van der Waals surface area (Å²) in [5.74, 6) is -1.24. The van der Waals surface area contributed by atoms with Crippen molar-refractivity contribution in [3.05, 3.63) is 58.8 Å². The van der Waals surface area contributed by atoms with E-state index in [4.69, 9.17) is 5.21 Å². The van der Waals surface area contributed by atoms with Gasteiger partial charge >= 0.3 is 6.36 Å². The number of alkyl halides is 3. The van der Waals surface area contributed by atoms with Gasteiger partial charge in [0, 0.05) is 17.7 Å². The van der Waals surface area contributed by atoms with Crippen LogP contribution < -0.4 is 9.64 Å². The van der Waals surface area contributed by atoms with Crippen molar-refractivity contribution < 1.29 is 32.6 Å². The van der Waals surface area contributed by atoms with Crippen LogP contribution in [0.2, 0.25) is 0 Å². The zero-order valence-electron chi connectivity index (χ0n) is 13.6. The zero-order valence-corrected chi connectivity index (χ0v) is 13.6. The molecule has 2 aromatic rings. The van der Waals surface area contributed by atoms with Crippen molar-refractivity contribution in [3.63, 3.8) is 0 Å². The number of benzene rings is 2. The van der Waals surface area contributed by atoms with Gasteiger partial charge in [0.1, 0.15) is 12.5 Å². The first-order valence-electron chi connectivity index (χ1n) is 7.50. The summed E-state index contributed by atoms with van der Waals surface area (Å²) in [6, 6.07) is 9.60. The van der Waals surface area contributed by atoms with Crippen LogP contribution in [0.15, 0.2) is 47.6 Å². The van der Waals surface area contributed by atoms with Crippen molar-refractivity contribution in [2.24, 2.45) is 5.16 Å². The zero-order chi connectivity index (χ0) is 19.8. The van der Waals surface area contributed by atoms with Crippen molar-refractivity contribution in [2.75, 3.05) is 4.90 Å². The van der Waals surface area contributed by atoms with E-state index in [1.54, 1.807) is 12.1 Å². The lowest BCUT2D eigenvalue weighted by atomic mass is 10.1. The van der Waals surface area contributed by atoms with Crippen molar-refractivity contribution in [1.82, 2.24) is 0 Å². The Balaban J connectivity index is 1.96. The molecular weight excluding hydrogens is 367 g/mol. The van der Waals surface area contributed by atoms with Gasteiger partial charge in [0.2, 0.25) is 5.69 Å². The summed E-state index contributed by atoms with van der Waals surface area (Å²) in [5, 5.41) is 23.3. The average molecular weight is 379 g/mol. The molecule has 0 saturated heterocycles. The van der Waals surface area contributed by atoms with Crippen LogP contribution in [0.3, 0.4) is 0 Å². The summed E-state index contributed by atoms with van der Waals surface area (Å²) in [4.78, 5) is 13.7. The van der Waals surface area contributed by atoms with Gasteiger partial charge in [0.25, 0.3) is 5.91 Å². The highest BCUT2D eigenvalue weighted by Crippen LogP contribution is 2.35. The lowest BCUT2D eigenvalue weighted by Crippen LogP contribution is -2.29. The number of rotatable bonds is 4. The molecule has 0 saturated carbocycles. The summed E-state index contributed by atoms with van der Waals surface area (Å²) in [5.41, 5.74) is 0.691. The van der Waals surface area contributed by atoms with Crippen LogP contribution >= 0.6 is 0 Å². The largest absolute Gasteiger partial charge is 0.619 e. The molecule has 3 rings (SSSR count). The minimum Gasteiger partial charge on any atom is -0.619 e. The van der Waals surface area contributed by atoms with E-state index in [2.05, 4.69) is 16.6 Å². The fourth-order valence-electron chi connectivity index (χ4n) is 2.74. The molecule has 7 nitrogen and oxygen atoms in total. The highest BCUT2D eigenvalue weighted by atomic mass is 19.4. The van der Waals surface area contributed by atoms with Crippen LogP contribution in [0.5, 0.6) is 5.75 Å². The summed E-state index contributed by atoms with van der Waals surface area (Å²) >= 11 is 0. The predicted octanol–water partition coefficient (Wildman–Crippen LogP) is 3.15. The molecule has 0 spiro atoms. The molecule has 1 aliphatic rings. The Morgan fingerprint density at radius 1 is 1.26 bits per heavy atom. The Morgan fingerprint density at radius 3 is 2.63 bits per heavy atom. The maximum Gasteiger partial charge on any atom is 0.573 e. The molecule has 0 unspecified atom stereocenters. The van der Waals surface area contributed by atoms with E-state index in [1.165, 1.54) is 23.1 Å². The molecule has 0 fully saturated rings. The summed E-state index contributed by atoms with van der Waals surface area (Å²) in [6.07, 6.45) is -4.90. The van der Waals surface area contributed by atoms with Gasteiger partial charge in [-0.1, -0.05) is 17.3 Å². The van der Waals surface area contributed by atoms with Crippen molar-refractivity contribution in [2.45, 2.75) is 12.9 Å². The first kappa shape index (κ1) is 18.2. The standard InChI is InChI=1S/C17H12F3N3O4/c1-22(26)11-4-2-3-10(7-11)9-23-14-6-5-12(27-17(18,19)20)8-13(14)15(21-25)16(23)24/h2-8,25H,1,9H2/b21-15-. The molecule has 140 valence electrons. The number of carbonyl (C=O) groups excluding carboxylic acids is 1. The van der Waals surface area contributed by atoms with Gasteiger partial charge in [-0.3, -0.25) is 4.79 Å². The van der Waals surface area contributed by atoms with E-state index in [0.29, 0.717) is 10.3 Å². The Bertz CT molecular complexity index is 957. The Kier molecular flexibility index (Phi) is 4.48. The molecule has 1 amide bonds. The van der Waals surface area contributed by atoms with Crippen molar-refractivity contribution in [1.29, 1.82) is 0 Å². The third kappa shape index (κ3) is 3.68. The highest BCUT2D eigenvalue weighted by Gasteiger charge is 2.37. The number of halogens is 3. The summed E-state index contributed by atoms with van der Waals surface area (Å²) < 4.78 is 41.5. The van der Waals surface area contributed by atoms with Crippen molar-refractivity contribution >= 4 is 29.7 Å².